The molecule has 0 saturated carbocycles. The van der Waals surface area contributed by atoms with Gasteiger partial charge < -0.3 is 15.4 Å². The average molecular weight is 269 g/mol. The van der Waals surface area contributed by atoms with Gasteiger partial charge in [-0.05, 0) is 6.42 Å². The first-order chi connectivity index (χ1) is 8.67. The fourth-order valence-electron chi connectivity index (χ4n) is 1.73. The first-order valence-electron chi connectivity index (χ1n) is 5.72. The summed E-state index contributed by atoms with van der Waals surface area (Å²) >= 11 is 1.44. The zero-order valence-electron chi connectivity index (χ0n) is 10.1. The van der Waals surface area contributed by atoms with Crippen LogP contribution < -0.4 is 10.6 Å². The zero-order valence-corrected chi connectivity index (χ0v) is 10.9. The van der Waals surface area contributed by atoms with Crippen molar-refractivity contribution in [2.24, 2.45) is 0 Å². The molecule has 2 rings (SSSR count). The van der Waals surface area contributed by atoms with Gasteiger partial charge in [-0.3, -0.25) is 9.59 Å². The Morgan fingerprint density at radius 1 is 1.72 bits per heavy atom. The maximum atomic E-state index is 11.1. The van der Waals surface area contributed by atoms with Crippen LogP contribution in [0.3, 0.4) is 0 Å². The number of methoxy groups -OCH3 is 1. The number of hydrogen-bond donors (Lipinski definition) is 2. The van der Waals surface area contributed by atoms with Crippen LogP contribution in [0, 0.1) is 0 Å². The Labute approximate surface area is 109 Å². The van der Waals surface area contributed by atoms with Crippen molar-refractivity contribution in [3.05, 3.63) is 11.1 Å². The molecule has 1 aliphatic heterocycles. The summed E-state index contributed by atoms with van der Waals surface area (Å²) in [5.41, 5.74) is 0.699. The highest BCUT2D eigenvalue weighted by Gasteiger charge is 2.20. The topological polar surface area (TPSA) is 80.3 Å². The van der Waals surface area contributed by atoms with Crippen LogP contribution >= 0.6 is 11.3 Å². The zero-order chi connectivity index (χ0) is 13.0. The molecule has 1 aromatic rings. The molecule has 2 heterocycles. The van der Waals surface area contributed by atoms with Crippen molar-refractivity contribution in [3.8, 4) is 0 Å². The van der Waals surface area contributed by atoms with Gasteiger partial charge in [-0.1, -0.05) is 0 Å². The predicted molar refractivity (Wildman–Crippen MR) is 67.5 cm³/mol. The number of carbonyl (C=O) groups excluding carboxylic acids is 2. The second-order valence-corrected chi connectivity index (χ2v) is 4.94. The molecule has 7 heteroatoms. The summed E-state index contributed by atoms with van der Waals surface area (Å²) in [4.78, 5) is 26.4. The summed E-state index contributed by atoms with van der Waals surface area (Å²) in [7, 11) is 1.36. The summed E-state index contributed by atoms with van der Waals surface area (Å²) in [6.07, 6.45) is 1.64. The fraction of sp³-hybridized carbons (Fsp3) is 0.545. The molecule has 1 amide bonds. The van der Waals surface area contributed by atoms with Gasteiger partial charge in [0.05, 0.1) is 19.2 Å². The SMILES string of the molecule is COC(=O)Cc1csc(NCC2CCC(=O)N2)n1. The Kier molecular flexibility index (Phi) is 4.14. The van der Waals surface area contributed by atoms with Crippen molar-refractivity contribution in [2.45, 2.75) is 25.3 Å². The monoisotopic (exact) mass is 269 g/mol. The average Bonchev–Trinajstić information content (AvgIpc) is 2.96. The molecule has 6 nitrogen and oxygen atoms in total. The molecule has 0 bridgehead atoms. The van der Waals surface area contributed by atoms with Crippen LogP contribution in [0.1, 0.15) is 18.5 Å². The van der Waals surface area contributed by atoms with Crippen LogP contribution in [0.4, 0.5) is 5.13 Å². The minimum atomic E-state index is -0.296. The molecule has 2 N–H and O–H groups in total. The van der Waals surface area contributed by atoms with E-state index in [2.05, 4.69) is 20.4 Å². The normalized spacial score (nSPS) is 18.5. The van der Waals surface area contributed by atoms with E-state index in [0.29, 0.717) is 18.7 Å². The molecular weight excluding hydrogens is 254 g/mol. The van der Waals surface area contributed by atoms with E-state index in [1.165, 1.54) is 18.4 Å². The van der Waals surface area contributed by atoms with Gasteiger partial charge >= 0.3 is 5.97 Å². The maximum Gasteiger partial charge on any atom is 0.311 e. The minimum absolute atomic E-state index is 0.104. The number of thiazole rings is 1. The molecular formula is C11H15N3O3S. The third kappa shape index (κ3) is 3.43. The van der Waals surface area contributed by atoms with Crippen molar-refractivity contribution < 1.29 is 14.3 Å². The van der Waals surface area contributed by atoms with Crippen LogP contribution in [0.2, 0.25) is 0 Å². The number of rotatable bonds is 5. The molecule has 98 valence electrons. The number of aromatic nitrogens is 1. The Hall–Kier alpha value is -1.63. The Balaban J connectivity index is 1.79. The smallest absolute Gasteiger partial charge is 0.311 e. The lowest BCUT2D eigenvalue weighted by Crippen LogP contribution is -2.31. The Morgan fingerprint density at radius 2 is 2.56 bits per heavy atom. The van der Waals surface area contributed by atoms with Crippen LogP contribution in [0.5, 0.6) is 0 Å². The summed E-state index contributed by atoms with van der Waals surface area (Å²) < 4.78 is 4.57. The number of nitrogens with one attached hydrogen (secondary N) is 2. The molecule has 1 unspecified atom stereocenters. The summed E-state index contributed by atoms with van der Waals surface area (Å²) in [6.45, 7) is 0.664. The minimum Gasteiger partial charge on any atom is -0.469 e. The van der Waals surface area contributed by atoms with Crippen LogP contribution in [0.15, 0.2) is 5.38 Å². The number of esters is 1. The highest BCUT2D eigenvalue weighted by molar-refractivity contribution is 7.13. The van der Waals surface area contributed by atoms with Crippen molar-refractivity contribution in [1.29, 1.82) is 0 Å². The number of ether oxygens (including phenoxy) is 1. The highest BCUT2D eigenvalue weighted by Crippen LogP contribution is 2.17. The number of anilines is 1. The second kappa shape index (κ2) is 5.81. The number of nitrogens with zero attached hydrogens (tertiary/aromatic N) is 1. The molecule has 0 aliphatic carbocycles. The Bertz CT molecular complexity index is 446. The van der Waals surface area contributed by atoms with Crippen LogP contribution in [-0.2, 0) is 20.7 Å². The van der Waals surface area contributed by atoms with E-state index in [0.717, 1.165) is 11.6 Å². The molecule has 1 fully saturated rings. The van der Waals surface area contributed by atoms with Gasteiger partial charge in [-0.25, -0.2) is 4.98 Å². The van der Waals surface area contributed by atoms with E-state index in [4.69, 9.17) is 0 Å². The molecule has 0 radical (unpaired) electrons. The first kappa shape index (κ1) is 12.8. The molecule has 0 spiro atoms. The standard InChI is InChI=1S/C11H15N3O3S/c1-17-10(16)4-8-6-18-11(14-8)12-5-7-2-3-9(15)13-7/h6-7H,2-5H2,1H3,(H,12,14)(H,13,15). The maximum absolute atomic E-state index is 11.1. The number of amides is 1. The van der Waals surface area contributed by atoms with Crippen LogP contribution in [-0.4, -0.2) is 36.6 Å². The van der Waals surface area contributed by atoms with Gasteiger partial charge in [0.25, 0.3) is 0 Å². The van der Waals surface area contributed by atoms with E-state index in [1.54, 1.807) is 0 Å². The third-order valence-corrected chi connectivity index (χ3v) is 3.54. The molecule has 1 aromatic heterocycles. The molecule has 1 atom stereocenters. The largest absolute Gasteiger partial charge is 0.469 e. The van der Waals surface area contributed by atoms with E-state index < -0.39 is 0 Å². The van der Waals surface area contributed by atoms with E-state index in [1.807, 2.05) is 5.38 Å². The van der Waals surface area contributed by atoms with Crippen LogP contribution in [0.25, 0.3) is 0 Å². The summed E-state index contributed by atoms with van der Waals surface area (Å²) in [5, 5.41) is 8.62. The Morgan fingerprint density at radius 3 is 3.22 bits per heavy atom. The van der Waals surface area contributed by atoms with Crippen molar-refractivity contribution in [3.63, 3.8) is 0 Å². The summed E-state index contributed by atoms with van der Waals surface area (Å²) in [5.74, 6) is -0.192. The van der Waals surface area contributed by atoms with Gasteiger partial charge in [0.15, 0.2) is 5.13 Å². The van der Waals surface area contributed by atoms with Crippen molar-refractivity contribution in [1.82, 2.24) is 10.3 Å². The van der Waals surface area contributed by atoms with E-state index >= 15 is 0 Å². The second-order valence-electron chi connectivity index (χ2n) is 4.08. The van der Waals surface area contributed by atoms with E-state index in [-0.39, 0.29) is 24.3 Å². The lowest BCUT2D eigenvalue weighted by molar-refractivity contribution is -0.139. The summed E-state index contributed by atoms with van der Waals surface area (Å²) in [6, 6.07) is 0.172. The number of hydrogen-bond acceptors (Lipinski definition) is 6. The molecule has 0 aromatic carbocycles. The lowest BCUT2D eigenvalue weighted by Gasteiger charge is -2.09. The predicted octanol–water partition coefficient (Wildman–Crippen LogP) is 0.549. The van der Waals surface area contributed by atoms with Gasteiger partial charge in [0, 0.05) is 24.4 Å². The molecule has 1 aliphatic rings. The first-order valence-corrected chi connectivity index (χ1v) is 6.60. The third-order valence-electron chi connectivity index (χ3n) is 2.69. The fourth-order valence-corrected chi connectivity index (χ4v) is 2.45. The van der Waals surface area contributed by atoms with Gasteiger partial charge in [0.2, 0.25) is 5.91 Å². The lowest BCUT2D eigenvalue weighted by atomic mass is 10.2. The van der Waals surface area contributed by atoms with E-state index in [9.17, 15) is 9.59 Å². The molecule has 1 saturated heterocycles. The number of carbonyl (C=O) groups is 2. The van der Waals surface area contributed by atoms with Gasteiger partial charge in [-0.2, -0.15) is 0 Å². The molecule has 18 heavy (non-hydrogen) atoms. The highest BCUT2D eigenvalue weighted by atomic mass is 32.1. The van der Waals surface area contributed by atoms with Gasteiger partial charge in [-0.15, -0.1) is 11.3 Å². The quantitative estimate of drug-likeness (QED) is 0.763. The van der Waals surface area contributed by atoms with Gasteiger partial charge in [0.1, 0.15) is 0 Å². The van der Waals surface area contributed by atoms with Crippen molar-refractivity contribution >= 4 is 28.3 Å². The van der Waals surface area contributed by atoms with Crippen molar-refractivity contribution in [2.75, 3.05) is 19.0 Å².